The molecule has 160 valence electrons. The van der Waals surface area contributed by atoms with Gasteiger partial charge in [-0.15, -0.1) is 0 Å². The van der Waals surface area contributed by atoms with Gasteiger partial charge in [-0.05, 0) is 66.6 Å². The van der Waals surface area contributed by atoms with Gasteiger partial charge in [0, 0.05) is 44.2 Å². The fourth-order valence-corrected chi connectivity index (χ4v) is 5.02. The molecule has 2 heterocycles. The first-order chi connectivity index (χ1) is 15.1. The second-order valence-electron chi connectivity index (χ2n) is 8.46. The molecule has 1 aliphatic heterocycles. The van der Waals surface area contributed by atoms with Crippen LogP contribution in [0.25, 0.3) is 11.0 Å². The number of carbonyl (C=O) groups is 1. The maximum absolute atomic E-state index is 12.9. The summed E-state index contributed by atoms with van der Waals surface area (Å²) in [5, 5.41) is 1.53. The Balaban J connectivity index is 1.35. The average Bonchev–Trinajstić information content (AvgIpc) is 3.08. The van der Waals surface area contributed by atoms with E-state index >= 15 is 0 Å². The molecule has 5 rings (SSSR count). The fourth-order valence-electron chi connectivity index (χ4n) is 4.80. The van der Waals surface area contributed by atoms with Crippen molar-refractivity contribution in [2.45, 2.75) is 32.2 Å². The topological polar surface area (TPSA) is 53.8 Å². The van der Waals surface area contributed by atoms with Gasteiger partial charge in [0.2, 0.25) is 0 Å². The molecule has 0 unspecified atom stereocenters. The summed E-state index contributed by atoms with van der Waals surface area (Å²) in [7, 11) is 0. The van der Waals surface area contributed by atoms with Crippen LogP contribution in [0.1, 0.15) is 39.9 Å². The molecule has 1 saturated heterocycles. The third-order valence-corrected chi connectivity index (χ3v) is 6.75. The highest BCUT2D eigenvalue weighted by atomic mass is 35.5. The van der Waals surface area contributed by atoms with Crippen molar-refractivity contribution in [3.63, 3.8) is 0 Å². The van der Waals surface area contributed by atoms with E-state index in [0.29, 0.717) is 35.8 Å². The highest BCUT2D eigenvalue weighted by Gasteiger charge is 2.23. The largest absolute Gasteiger partial charge is 0.423 e. The van der Waals surface area contributed by atoms with E-state index in [2.05, 4.69) is 17.0 Å². The first kappa shape index (κ1) is 20.3. The number of hydrogen-bond donors (Lipinski definition) is 0. The van der Waals surface area contributed by atoms with Gasteiger partial charge in [0.05, 0.1) is 10.6 Å². The molecular formula is C25H25ClN2O3. The lowest BCUT2D eigenvalue weighted by Gasteiger charge is -2.23. The van der Waals surface area contributed by atoms with Crippen LogP contribution in [-0.4, -0.2) is 41.9 Å². The molecular weight excluding hydrogens is 412 g/mol. The summed E-state index contributed by atoms with van der Waals surface area (Å²) in [5.74, 6) is -0.0196. The molecule has 3 aromatic rings. The van der Waals surface area contributed by atoms with Crippen LogP contribution >= 0.6 is 11.6 Å². The van der Waals surface area contributed by atoms with Gasteiger partial charge in [-0.2, -0.15) is 0 Å². The van der Waals surface area contributed by atoms with Crippen molar-refractivity contribution in [1.29, 1.82) is 0 Å². The molecule has 0 saturated carbocycles. The molecule has 5 nitrogen and oxygen atoms in total. The third kappa shape index (κ3) is 4.12. The van der Waals surface area contributed by atoms with Gasteiger partial charge < -0.3 is 9.32 Å². The molecule has 1 amide bonds. The van der Waals surface area contributed by atoms with Crippen LogP contribution in [0.15, 0.2) is 51.7 Å². The summed E-state index contributed by atoms with van der Waals surface area (Å²) in [6.45, 7) is 3.64. The molecule has 1 aliphatic carbocycles. The van der Waals surface area contributed by atoms with Crippen molar-refractivity contribution < 1.29 is 9.21 Å². The van der Waals surface area contributed by atoms with E-state index in [0.717, 1.165) is 49.7 Å². The number of fused-ring (bicyclic) bond motifs is 2. The zero-order chi connectivity index (χ0) is 21.4. The van der Waals surface area contributed by atoms with Gasteiger partial charge in [-0.1, -0.05) is 23.7 Å². The van der Waals surface area contributed by atoms with Crippen molar-refractivity contribution >= 4 is 28.5 Å². The van der Waals surface area contributed by atoms with E-state index in [1.165, 1.54) is 11.1 Å². The first-order valence-corrected chi connectivity index (χ1v) is 11.3. The number of benzene rings is 2. The highest BCUT2D eigenvalue weighted by Crippen LogP contribution is 2.29. The van der Waals surface area contributed by atoms with Crippen LogP contribution < -0.4 is 5.63 Å². The Morgan fingerprint density at radius 2 is 1.77 bits per heavy atom. The van der Waals surface area contributed by atoms with Gasteiger partial charge in [0.1, 0.15) is 5.58 Å². The van der Waals surface area contributed by atoms with Crippen molar-refractivity contribution in [3.8, 4) is 0 Å². The molecule has 1 aromatic heterocycles. The number of nitrogens with zero attached hydrogens (tertiary/aromatic N) is 2. The van der Waals surface area contributed by atoms with Crippen LogP contribution in [0.5, 0.6) is 0 Å². The molecule has 0 radical (unpaired) electrons. The predicted molar refractivity (Wildman–Crippen MR) is 122 cm³/mol. The van der Waals surface area contributed by atoms with Crippen molar-refractivity contribution in [1.82, 2.24) is 9.80 Å². The van der Waals surface area contributed by atoms with E-state index in [-0.39, 0.29) is 11.5 Å². The normalized spacial score (nSPS) is 17.0. The minimum absolute atomic E-state index is 0.0196. The molecule has 0 atom stereocenters. The molecule has 2 aliphatic rings. The lowest BCUT2D eigenvalue weighted by molar-refractivity contribution is 0.0761. The first-order valence-electron chi connectivity index (χ1n) is 10.9. The smallest absolute Gasteiger partial charge is 0.336 e. The monoisotopic (exact) mass is 436 g/mol. The Labute approximate surface area is 186 Å². The standard InChI is InChI=1S/C25H25ClN2O3/c26-22-8-2-1-7-20(22)25(30)28-10-4-9-27(11-12-28)16-19-15-24(29)31-23-14-18-6-3-5-17(18)13-21(19)23/h1-2,7-8,13-15H,3-6,9-12,16H2. The lowest BCUT2D eigenvalue weighted by atomic mass is 10.0. The second kappa shape index (κ2) is 8.48. The van der Waals surface area contributed by atoms with Crippen LogP contribution in [0.2, 0.25) is 5.02 Å². The van der Waals surface area contributed by atoms with Gasteiger partial charge in [-0.3, -0.25) is 9.69 Å². The van der Waals surface area contributed by atoms with Crippen molar-refractivity contribution in [2.75, 3.05) is 26.2 Å². The number of rotatable bonds is 3. The second-order valence-corrected chi connectivity index (χ2v) is 8.87. The van der Waals surface area contributed by atoms with E-state index in [1.807, 2.05) is 17.0 Å². The molecule has 1 fully saturated rings. The van der Waals surface area contributed by atoms with Crippen LogP contribution in [0.3, 0.4) is 0 Å². The van der Waals surface area contributed by atoms with Gasteiger partial charge in [0.15, 0.2) is 0 Å². The number of amides is 1. The maximum atomic E-state index is 12.9. The summed E-state index contributed by atoms with van der Waals surface area (Å²) >= 11 is 6.23. The van der Waals surface area contributed by atoms with E-state index in [9.17, 15) is 9.59 Å². The molecule has 2 aromatic carbocycles. The van der Waals surface area contributed by atoms with Crippen molar-refractivity contribution in [2.24, 2.45) is 0 Å². The minimum Gasteiger partial charge on any atom is -0.423 e. The van der Waals surface area contributed by atoms with E-state index < -0.39 is 0 Å². The van der Waals surface area contributed by atoms with E-state index in [4.69, 9.17) is 16.0 Å². The number of aryl methyl sites for hydroxylation is 2. The number of carbonyl (C=O) groups excluding carboxylic acids is 1. The number of hydrogen-bond acceptors (Lipinski definition) is 4. The summed E-state index contributed by atoms with van der Waals surface area (Å²) in [4.78, 5) is 29.3. The molecule has 6 heteroatoms. The average molecular weight is 437 g/mol. The van der Waals surface area contributed by atoms with Crippen LogP contribution in [-0.2, 0) is 19.4 Å². The van der Waals surface area contributed by atoms with Crippen molar-refractivity contribution in [3.05, 3.63) is 80.2 Å². The Morgan fingerprint density at radius 1 is 0.968 bits per heavy atom. The van der Waals surface area contributed by atoms with E-state index in [1.54, 1.807) is 18.2 Å². The Bertz CT molecular complexity index is 1200. The van der Waals surface area contributed by atoms with Gasteiger partial charge in [0.25, 0.3) is 5.91 Å². The Morgan fingerprint density at radius 3 is 2.61 bits per heavy atom. The molecule has 31 heavy (non-hydrogen) atoms. The summed E-state index contributed by atoms with van der Waals surface area (Å²) in [5.41, 5.74) is 4.62. The van der Waals surface area contributed by atoms with Crippen LogP contribution in [0, 0.1) is 0 Å². The summed E-state index contributed by atoms with van der Waals surface area (Å²) in [6.07, 6.45) is 4.19. The summed E-state index contributed by atoms with van der Waals surface area (Å²) < 4.78 is 5.51. The molecule has 0 spiro atoms. The Kier molecular flexibility index (Phi) is 5.55. The molecule has 0 N–H and O–H groups in total. The maximum Gasteiger partial charge on any atom is 0.336 e. The van der Waals surface area contributed by atoms with Crippen LogP contribution in [0.4, 0.5) is 0 Å². The molecule has 0 bridgehead atoms. The zero-order valence-corrected chi connectivity index (χ0v) is 18.2. The Hall–Kier alpha value is -2.63. The zero-order valence-electron chi connectivity index (χ0n) is 17.4. The SMILES string of the molecule is O=C(c1ccccc1Cl)N1CCCN(Cc2cc(=O)oc3cc4c(cc23)CCC4)CC1. The number of halogens is 1. The third-order valence-electron chi connectivity index (χ3n) is 6.42. The van der Waals surface area contributed by atoms with Gasteiger partial charge in [-0.25, -0.2) is 4.79 Å². The minimum atomic E-state index is -0.300. The highest BCUT2D eigenvalue weighted by molar-refractivity contribution is 6.33. The summed E-state index contributed by atoms with van der Waals surface area (Å²) in [6, 6.07) is 13.1. The van der Waals surface area contributed by atoms with Gasteiger partial charge >= 0.3 is 5.63 Å². The quantitative estimate of drug-likeness (QED) is 0.575. The lowest BCUT2D eigenvalue weighted by Crippen LogP contribution is -2.35. The fraction of sp³-hybridized carbons (Fsp3) is 0.360. The predicted octanol–water partition coefficient (Wildman–Crippen LogP) is 4.28.